The SMILES string of the molecule is CC(C)(C)C1CCc2sc(C(=O)NNC(=O)CNC(=O)c3ccc(F)cc3F)cc2C1. The van der Waals surface area contributed by atoms with Gasteiger partial charge in [-0.2, -0.15) is 0 Å². The molecule has 0 spiro atoms. The minimum Gasteiger partial charge on any atom is -0.343 e. The Kier molecular flexibility index (Phi) is 6.74. The van der Waals surface area contributed by atoms with Gasteiger partial charge in [0.05, 0.1) is 17.0 Å². The fourth-order valence-electron chi connectivity index (χ4n) is 3.54. The lowest BCUT2D eigenvalue weighted by Crippen LogP contribution is -2.46. The Hall–Kier alpha value is -2.81. The van der Waals surface area contributed by atoms with E-state index in [2.05, 4.69) is 36.9 Å². The van der Waals surface area contributed by atoms with Crippen molar-refractivity contribution in [3.8, 4) is 0 Å². The molecule has 1 heterocycles. The van der Waals surface area contributed by atoms with Crippen LogP contribution in [0.3, 0.4) is 0 Å². The Balaban J connectivity index is 1.49. The summed E-state index contributed by atoms with van der Waals surface area (Å²) in [6.07, 6.45) is 2.96. The van der Waals surface area contributed by atoms with Crippen LogP contribution in [0.25, 0.3) is 0 Å². The molecule has 0 radical (unpaired) electrons. The number of hydrogen-bond donors (Lipinski definition) is 3. The molecule has 6 nitrogen and oxygen atoms in total. The van der Waals surface area contributed by atoms with E-state index in [4.69, 9.17) is 0 Å². The van der Waals surface area contributed by atoms with E-state index in [1.165, 1.54) is 21.8 Å². The second-order valence-corrected chi connectivity index (χ2v) is 9.81. The third-order valence-electron chi connectivity index (χ3n) is 5.43. The first-order valence-electron chi connectivity index (χ1n) is 9.98. The van der Waals surface area contributed by atoms with Crippen LogP contribution < -0.4 is 16.2 Å². The summed E-state index contributed by atoms with van der Waals surface area (Å²) < 4.78 is 26.5. The highest BCUT2D eigenvalue weighted by Crippen LogP contribution is 2.40. The number of aryl methyl sites for hydroxylation is 1. The van der Waals surface area contributed by atoms with Crippen LogP contribution in [0, 0.1) is 23.0 Å². The molecule has 0 bridgehead atoms. The number of amides is 3. The average molecular weight is 450 g/mol. The van der Waals surface area contributed by atoms with Gasteiger partial charge in [-0.15, -0.1) is 11.3 Å². The lowest BCUT2D eigenvalue weighted by Gasteiger charge is -2.33. The van der Waals surface area contributed by atoms with Gasteiger partial charge < -0.3 is 5.32 Å². The van der Waals surface area contributed by atoms with Gasteiger partial charge in [-0.25, -0.2) is 8.78 Å². The van der Waals surface area contributed by atoms with E-state index in [-0.39, 0.29) is 11.0 Å². The lowest BCUT2D eigenvalue weighted by molar-refractivity contribution is -0.120. The number of halogens is 2. The average Bonchev–Trinajstić information content (AvgIpc) is 3.13. The van der Waals surface area contributed by atoms with Gasteiger partial charge in [0.2, 0.25) is 0 Å². The van der Waals surface area contributed by atoms with Crippen molar-refractivity contribution < 1.29 is 23.2 Å². The summed E-state index contributed by atoms with van der Waals surface area (Å²) in [5.74, 6) is -3.26. The van der Waals surface area contributed by atoms with Crippen molar-refractivity contribution >= 4 is 29.1 Å². The summed E-state index contributed by atoms with van der Waals surface area (Å²) >= 11 is 1.42. The molecule has 9 heteroatoms. The number of carbonyl (C=O) groups excluding carboxylic acids is 3. The monoisotopic (exact) mass is 449 g/mol. The minimum absolute atomic E-state index is 0.206. The molecule has 166 valence electrons. The summed E-state index contributed by atoms with van der Waals surface area (Å²) in [7, 11) is 0. The molecule has 2 aromatic rings. The smallest absolute Gasteiger partial charge is 0.279 e. The van der Waals surface area contributed by atoms with Crippen LogP contribution in [0.5, 0.6) is 0 Å². The summed E-state index contributed by atoms with van der Waals surface area (Å²) in [6.45, 7) is 6.19. The van der Waals surface area contributed by atoms with Crippen molar-refractivity contribution in [2.24, 2.45) is 11.3 Å². The predicted molar refractivity (Wildman–Crippen MR) is 114 cm³/mol. The van der Waals surface area contributed by atoms with Gasteiger partial charge in [-0.3, -0.25) is 25.2 Å². The fourth-order valence-corrected chi connectivity index (χ4v) is 4.64. The van der Waals surface area contributed by atoms with E-state index in [0.717, 1.165) is 31.4 Å². The molecule has 3 N–H and O–H groups in total. The maximum Gasteiger partial charge on any atom is 0.279 e. The third kappa shape index (κ3) is 5.66. The molecule has 1 unspecified atom stereocenters. The number of carbonyl (C=O) groups is 3. The number of hydrogen-bond acceptors (Lipinski definition) is 4. The molecule has 3 rings (SSSR count). The Labute approximate surface area is 183 Å². The molecule has 0 saturated heterocycles. The molecule has 3 amide bonds. The summed E-state index contributed by atoms with van der Waals surface area (Å²) in [4.78, 5) is 37.9. The summed E-state index contributed by atoms with van der Waals surface area (Å²) in [6, 6.07) is 4.39. The maximum atomic E-state index is 13.6. The Morgan fingerprint density at radius 1 is 1.10 bits per heavy atom. The third-order valence-corrected chi connectivity index (χ3v) is 6.67. The Bertz CT molecular complexity index is 1010. The molecule has 1 aliphatic rings. The first kappa shape index (κ1) is 22.9. The van der Waals surface area contributed by atoms with Crippen LogP contribution >= 0.6 is 11.3 Å². The minimum atomic E-state index is -1.03. The van der Waals surface area contributed by atoms with Crippen LogP contribution in [0.4, 0.5) is 8.78 Å². The van der Waals surface area contributed by atoms with Gasteiger partial charge >= 0.3 is 0 Å². The standard InChI is InChI=1S/C22H25F2N3O3S/c1-22(2,3)13-4-7-17-12(8-13)9-18(31-17)21(30)27-26-19(28)11-25-20(29)15-6-5-14(23)10-16(15)24/h5-6,9-10,13H,4,7-8,11H2,1-3H3,(H,25,29)(H,26,28)(H,27,30). The first-order chi connectivity index (χ1) is 14.5. The van der Waals surface area contributed by atoms with Gasteiger partial charge in [-0.1, -0.05) is 20.8 Å². The fraction of sp³-hybridized carbons (Fsp3) is 0.409. The zero-order valence-electron chi connectivity index (χ0n) is 17.6. The summed E-state index contributed by atoms with van der Waals surface area (Å²) in [5.41, 5.74) is 5.56. The highest BCUT2D eigenvalue weighted by Gasteiger charge is 2.30. The largest absolute Gasteiger partial charge is 0.343 e. The van der Waals surface area contributed by atoms with Crippen LogP contribution in [0.15, 0.2) is 24.3 Å². The number of benzene rings is 1. The van der Waals surface area contributed by atoms with Crippen LogP contribution in [0.2, 0.25) is 0 Å². The highest BCUT2D eigenvalue weighted by molar-refractivity contribution is 7.14. The quantitative estimate of drug-likeness (QED) is 0.626. The summed E-state index contributed by atoms with van der Waals surface area (Å²) in [5, 5.41) is 2.22. The second kappa shape index (κ2) is 9.13. The molecule has 1 atom stereocenters. The Morgan fingerprint density at radius 2 is 1.84 bits per heavy atom. The zero-order chi connectivity index (χ0) is 22.8. The molecule has 1 aromatic heterocycles. The predicted octanol–water partition coefficient (Wildman–Crippen LogP) is 3.37. The van der Waals surface area contributed by atoms with E-state index in [1.54, 1.807) is 0 Å². The van der Waals surface area contributed by atoms with Crippen molar-refractivity contribution in [2.45, 2.75) is 40.0 Å². The molecular formula is C22H25F2N3O3S. The van der Waals surface area contributed by atoms with E-state index in [9.17, 15) is 23.2 Å². The van der Waals surface area contributed by atoms with Crippen LogP contribution in [0.1, 0.15) is 57.7 Å². The van der Waals surface area contributed by atoms with Crippen molar-refractivity contribution in [3.63, 3.8) is 0 Å². The van der Waals surface area contributed by atoms with Crippen molar-refractivity contribution in [1.82, 2.24) is 16.2 Å². The van der Waals surface area contributed by atoms with Gasteiger partial charge in [0.15, 0.2) is 0 Å². The molecular weight excluding hydrogens is 424 g/mol. The van der Waals surface area contributed by atoms with Gasteiger partial charge in [0, 0.05) is 10.9 Å². The second-order valence-electron chi connectivity index (χ2n) is 8.67. The molecule has 31 heavy (non-hydrogen) atoms. The number of rotatable bonds is 4. The first-order valence-corrected chi connectivity index (χ1v) is 10.8. The number of hydrazine groups is 1. The van der Waals surface area contributed by atoms with E-state index in [0.29, 0.717) is 16.9 Å². The number of thiophene rings is 1. The molecule has 0 saturated carbocycles. The van der Waals surface area contributed by atoms with Crippen molar-refractivity contribution in [3.05, 3.63) is 56.8 Å². The van der Waals surface area contributed by atoms with Gasteiger partial charge in [-0.05, 0) is 54.4 Å². The highest BCUT2D eigenvalue weighted by atomic mass is 32.1. The molecule has 1 aliphatic carbocycles. The lowest BCUT2D eigenvalue weighted by atomic mass is 9.72. The van der Waals surface area contributed by atoms with Gasteiger partial charge in [0.25, 0.3) is 17.7 Å². The van der Waals surface area contributed by atoms with Crippen LogP contribution in [-0.2, 0) is 17.6 Å². The molecule has 0 aliphatic heterocycles. The number of fused-ring (bicyclic) bond motifs is 1. The zero-order valence-corrected chi connectivity index (χ0v) is 18.4. The van der Waals surface area contributed by atoms with E-state index < -0.39 is 35.9 Å². The van der Waals surface area contributed by atoms with Gasteiger partial charge in [0.1, 0.15) is 11.6 Å². The van der Waals surface area contributed by atoms with Crippen molar-refractivity contribution in [2.75, 3.05) is 6.54 Å². The van der Waals surface area contributed by atoms with E-state index in [1.807, 2.05) is 6.07 Å². The van der Waals surface area contributed by atoms with Crippen LogP contribution in [-0.4, -0.2) is 24.3 Å². The normalized spacial score (nSPS) is 15.7. The van der Waals surface area contributed by atoms with E-state index >= 15 is 0 Å². The topological polar surface area (TPSA) is 87.3 Å². The molecule has 1 aromatic carbocycles. The Morgan fingerprint density at radius 3 is 2.52 bits per heavy atom. The van der Waals surface area contributed by atoms with Crippen molar-refractivity contribution in [1.29, 1.82) is 0 Å². The number of nitrogens with one attached hydrogen (secondary N) is 3. The maximum absolute atomic E-state index is 13.6. The molecule has 0 fully saturated rings.